The standard InChI is InChI=1S/C18H25NO5/c1-3-18(10-23-11-18)17(21)24-16-14(19-9-15(16)20)8-12-4-6-13(22-2)7-5-12/h4-7,14-16,19-20H,3,8-11H2,1-2H3/t14-,15+,16+/m1/s1. The van der Waals surface area contributed by atoms with E-state index in [0.29, 0.717) is 32.6 Å². The Bertz CT molecular complexity index is 564. The van der Waals surface area contributed by atoms with E-state index in [1.807, 2.05) is 31.2 Å². The number of β-amino-alcohol motifs (C(OH)–C–C–N with tert-alkyl or cyclic N) is 1. The molecule has 2 fully saturated rings. The maximum absolute atomic E-state index is 12.5. The number of carbonyl (C=O) groups excluding carboxylic acids is 1. The van der Waals surface area contributed by atoms with Crippen LogP contribution in [0.5, 0.6) is 5.75 Å². The van der Waals surface area contributed by atoms with Crippen molar-refractivity contribution in [3.8, 4) is 5.75 Å². The molecule has 0 spiro atoms. The molecular formula is C18H25NO5. The first kappa shape index (κ1) is 17.2. The zero-order valence-corrected chi connectivity index (χ0v) is 14.2. The number of aliphatic hydroxyl groups excluding tert-OH is 1. The lowest BCUT2D eigenvalue weighted by molar-refractivity contribution is -0.195. The lowest BCUT2D eigenvalue weighted by Crippen LogP contribution is -2.52. The third kappa shape index (κ3) is 3.27. The highest BCUT2D eigenvalue weighted by atomic mass is 16.6. The van der Waals surface area contributed by atoms with Gasteiger partial charge in [0.15, 0.2) is 0 Å². The minimum atomic E-state index is -0.688. The Morgan fingerprint density at radius 2 is 2.08 bits per heavy atom. The van der Waals surface area contributed by atoms with Crippen LogP contribution in [-0.4, -0.2) is 56.2 Å². The number of hydrogen-bond acceptors (Lipinski definition) is 6. The highest BCUT2D eigenvalue weighted by Crippen LogP contribution is 2.34. The molecule has 2 N–H and O–H groups in total. The summed E-state index contributed by atoms with van der Waals surface area (Å²) in [5.74, 6) is 0.541. The molecule has 0 aromatic heterocycles. The van der Waals surface area contributed by atoms with Gasteiger partial charge in [0.25, 0.3) is 0 Å². The fourth-order valence-corrected chi connectivity index (χ4v) is 3.20. The molecule has 0 amide bonds. The van der Waals surface area contributed by atoms with Crippen LogP contribution in [0.25, 0.3) is 0 Å². The van der Waals surface area contributed by atoms with E-state index < -0.39 is 17.6 Å². The summed E-state index contributed by atoms with van der Waals surface area (Å²) in [5.41, 5.74) is 0.563. The van der Waals surface area contributed by atoms with Crippen LogP contribution in [0.15, 0.2) is 24.3 Å². The van der Waals surface area contributed by atoms with Gasteiger partial charge in [0.1, 0.15) is 23.4 Å². The summed E-state index contributed by atoms with van der Waals surface area (Å²) < 4.78 is 16.1. The first-order valence-corrected chi connectivity index (χ1v) is 8.41. The Hall–Kier alpha value is -1.63. The summed E-state index contributed by atoms with van der Waals surface area (Å²) in [4.78, 5) is 12.5. The molecule has 0 aliphatic carbocycles. The van der Waals surface area contributed by atoms with E-state index in [1.54, 1.807) is 7.11 Å². The van der Waals surface area contributed by atoms with E-state index in [4.69, 9.17) is 14.2 Å². The molecule has 3 atom stereocenters. The van der Waals surface area contributed by atoms with Crippen molar-refractivity contribution in [1.82, 2.24) is 5.32 Å². The number of aliphatic hydroxyl groups is 1. The maximum atomic E-state index is 12.5. The molecule has 2 aliphatic rings. The van der Waals surface area contributed by atoms with Crippen molar-refractivity contribution in [2.45, 2.75) is 38.0 Å². The second-order valence-corrected chi connectivity index (χ2v) is 6.63. The van der Waals surface area contributed by atoms with Crippen LogP contribution in [0.3, 0.4) is 0 Å². The first-order valence-electron chi connectivity index (χ1n) is 8.41. The zero-order valence-electron chi connectivity index (χ0n) is 14.2. The molecule has 0 saturated carbocycles. The van der Waals surface area contributed by atoms with Gasteiger partial charge in [-0.05, 0) is 30.5 Å². The van der Waals surface area contributed by atoms with Crippen LogP contribution in [0, 0.1) is 5.41 Å². The average Bonchev–Trinajstić information content (AvgIpc) is 2.88. The van der Waals surface area contributed by atoms with Gasteiger partial charge in [-0.15, -0.1) is 0 Å². The Balaban J connectivity index is 1.65. The third-order valence-corrected chi connectivity index (χ3v) is 5.09. The van der Waals surface area contributed by atoms with Crippen molar-refractivity contribution in [2.24, 2.45) is 5.41 Å². The number of benzene rings is 1. The van der Waals surface area contributed by atoms with Gasteiger partial charge in [0.2, 0.25) is 0 Å². The fourth-order valence-electron chi connectivity index (χ4n) is 3.20. The number of nitrogens with one attached hydrogen (secondary N) is 1. The quantitative estimate of drug-likeness (QED) is 0.753. The van der Waals surface area contributed by atoms with Gasteiger partial charge < -0.3 is 24.6 Å². The average molecular weight is 335 g/mol. The van der Waals surface area contributed by atoms with Crippen molar-refractivity contribution in [3.05, 3.63) is 29.8 Å². The topological polar surface area (TPSA) is 77.0 Å². The van der Waals surface area contributed by atoms with Gasteiger partial charge in [0.05, 0.1) is 26.4 Å². The second-order valence-electron chi connectivity index (χ2n) is 6.63. The number of carbonyl (C=O) groups is 1. The smallest absolute Gasteiger partial charge is 0.317 e. The van der Waals surface area contributed by atoms with Gasteiger partial charge in [-0.2, -0.15) is 0 Å². The molecular weight excluding hydrogens is 310 g/mol. The zero-order chi connectivity index (χ0) is 17.2. The molecule has 6 nitrogen and oxygen atoms in total. The summed E-state index contributed by atoms with van der Waals surface area (Å²) in [5, 5.41) is 13.5. The second kappa shape index (κ2) is 7.09. The largest absolute Gasteiger partial charge is 0.497 e. The molecule has 0 radical (unpaired) electrons. The highest BCUT2D eigenvalue weighted by molar-refractivity contribution is 5.78. The van der Waals surface area contributed by atoms with Crippen molar-refractivity contribution in [1.29, 1.82) is 0 Å². The molecule has 2 aliphatic heterocycles. The van der Waals surface area contributed by atoms with Crippen LogP contribution in [0.4, 0.5) is 0 Å². The summed E-state index contributed by atoms with van der Waals surface area (Å²) in [6.45, 7) is 3.19. The van der Waals surface area contributed by atoms with E-state index in [2.05, 4.69) is 5.32 Å². The number of methoxy groups -OCH3 is 1. The van der Waals surface area contributed by atoms with Crippen molar-refractivity contribution in [2.75, 3.05) is 26.9 Å². The van der Waals surface area contributed by atoms with Crippen molar-refractivity contribution < 1.29 is 24.1 Å². The molecule has 1 aromatic rings. The minimum absolute atomic E-state index is 0.104. The number of ether oxygens (including phenoxy) is 3. The lowest BCUT2D eigenvalue weighted by atomic mass is 9.83. The van der Waals surface area contributed by atoms with E-state index in [9.17, 15) is 9.90 Å². The van der Waals surface area contributed by atoms with Gasteiger partial charge in [-0.25, -0.2) is 0 Å². The predicted octanol–water partition coefficient (Wildman–Crippen LogP) is 0.909. The summed E-state index contributed by atoms with van der Waals surface area (Å²) in [6, 6.07) is 7.67. The Labute approximate surface area is 142 Å². The van der Waals surface area contributed by atoms with Crippen molar-refractivity contribution in [3.63, 3.8) is 0 Å². The predicted molar refractivity (Wildman–Crippen MR) is 87.9 cm³/mol. The molecule has 24 heavy (non-hydrogen) atoms. The van der Waals surface area contributed by atoms with Crippen LogP contribution in [0.2, 0.25) is 0 Å². The van der Waals surface area contributed by atoms with E-state index >= 15 is 0 Å². The minimum Gasteiger partial charge on any atom is -0.497 e. The molecule has 2 heterocycles. The maximum Gasteiger partial charge on any atom is 0.317 e. The van der Waals surface area contributed by atoms with Gasteiger partial charge in [0, 0.05) is 6.54 Å². The molecule has 6 heteroatoms. The van der Waals surface area contributed by atoms with Gasteiger partial charge in [-0.1, -0.05) is 19.1 Å². The van der Waals surface area contributed by atoms with E-state index in [1.165, 1.54) is 0 Å². The van der Waals surface area contributed by atoms with Crippen LogP contribution < -0.4 is 10.1 Å². The summed E-state index contributed by atoms with van der Waals surface area (Å²) in [6.07, 6.45) is 0.135. The molecule has 0 unspecified atom stereocenters. The van der Waals surface area contributed by atoms with E-state index in [-0.39, 0.29) is 12.0 Å². The fraction of sp³-hybridized carbons (Fsp3) is 0.611. The Kier molecular flexibility index (Phi) is 5.08. The van der Waals surface area contributed by atoms with Crippen LogP contribution in [0.1, 0.15) is 18.9 Å². The normalized spacial score (nSPS) is 28.2. The Morgan fingerprint density at radius 3 is 2.62 bits per heavy atom. The van der Waals surface area contributed by atoms with Crippen LogP contribution in [-0.2, 0) is 20.7 Å². The Morgan fingerprint density at radius 1 is 1.38 bits per heavy atom. The first-order chi connectivity index (χ1) is 11.6. The highest BCUT2D eigenvalue weighted by Gasteiger charge is 2.48. The molecule has 1 aromatic carbocycles. The molecule has 132 valence electrons. The molecule has 2 saturated heterocycles. The summed E-state index contributed by atoms with van der Waals surface area (Å²) in [7, 11) is 1.63. The summed E-state index contributed by atoms with van der Waals surface area (Å²) >= 11 is 0. The van der Waals surface area contributed by atoms with Crippen molar-refractivity contribution >= 4 is 5.97 Å². The third-order valence-electron chi connectivity index (χ3n) is 5.09. The lowest BCUT2D eigenvalue weighted by Gasteiger charge is -2.39. The number of rotatable bonds is 6. The monoisotopic (exact) mass is 335 g/mol. The molecule has 0 bridgehead atoms. The van der Waals surface area contributed by atoms with Gasteiger partial charge in [-0.3, -0.25) is 4.79 Å². The molecule has 3 rings (SSSR count). The SMILES string of the molecule is CCC1(C(=O)O[C@@H]2[C@@H](O)CN[C@@H]2Cc2ccc(OC)cc2)COC1. The van der Waals surface area contributed by atoms with Gasteiger partial charge >= 0.3 is 5.97 Å². The number of esters is 1. The number of hydrogen-bond donors (Lipinski definition) is 2. The van der Waals surface area contributed by atoms with E-state index in [0.717, 1.165) is 11.3 Å². The van der Waals surface area contributed by atoms with Crippen LogP contribution >= 0.6 is 0 Å².